The second kappa shape index (κ2) is 6.95. The fourth-order valence-electron chi connectivity index (χ4n) is 2.95. The van der Waals surface area contributed by atoms with Crippen LogP contribution in [-0.4, -0.2) is 12.5 Å². The second-order valence-corrected chi connectivity index (χ2v) is 6.81. The van der Waals surface area contributed by atoms with Crippen LogP contribution in [0.1, 0.15) is 46.6 Å². The number of rotatable bonds is 3. The van der Waals surface area contributed by atoms with Gasteiger partial charge in [-0.1, -0.05) is 62.3 Å². The lowest BCUT2D eigenvalue weighted by atomic mass is 9.96. The van der Waals surface area contributed by atoms with Crippen molar-refractivity contribution in [2.45, 2.75) is 41.0 Å². The largest absolute Gasteiger partial charge is 0.307 e. The minimum atomic E-state index is 0.0459. The molecule has 2 heteroatoms. The highest BCUT2D eigenvalue weighted by atomic mass is 16.2. The highest BCUT2D eigenvalue weighted by molar-refractivity contribution is 5.97. The van der Waals surface area contributed by atoms with Crippen LogP contribution < -0.4 is 4.90 Å². The Labute approximate surface area is 134 Å². The molecule has 0 aromatic heterocycles. The molecule has 1 aromatic carbocycles. The normalized spacial score (nSPS) is 21.1. The molecule has 1 heterocycles. The molecule has 0 N–H and O–H groups in total. The molecule has 1 atom stereocenters. The molecule has 0 bridgehead atoms. The molecule has 1 aliphatic rings. The Morgan fingerprint density at radius 2 is 1.82 bits per heavy atom. The van der Waals surface area contributed by atoms with Gasteiger partial charge in [0.1, 0.15) is 0 Å². The molecule has 2 rings (SSSR count). The third kappa shape index (κ3) is 3.68. The van der Waals surface area contributed by atoms with E-state index in [-0.39, 0.29) is 11.8 Å². The van der Waals surface area contributed by atoms with Gasteiger partial charge in [0.05, 0.1) is 5.69 Å². The Bertz CT molecular complexity index is 610. The summed E-state index contributed by atoms with van der Waals surface area (Å²) in [6, 6.07) is 8.16. The molecule has 0 saturated carbocycles. The van der Waals surface area contributed by atoms with Crippen molar-refractivity contribution < 1.29 is 4.79 Å². The van der Waals surface area contributed by atoms with Gasteiger partial charge >= 0.3 is 0 Å². The van der Waals surface area contributed by atoms with E-state index in [4.69, 9.17) is 0 Å². The van der Waals surface area contributed by atoms with Gasteiger partial charge in [0.2, 0.25) is 5.91 Å². The lowest BCUT2D eigenvalue weighted by Crippen LogP contribution is -2.37. The smallest absolute Gasteiger partial charge is 0.230 e. The number of carbonyl (C=O) groups is 1. The molecular formula is C20H27NO. The molecule has 1 amide bonds. The van der Waals surface area contributed by atoms with E-state index in [0.29, 0.717) is 12.5 Å². The Hall–Kier alpha value is -1.83. The fraction of sp³-hybridized carbons (Fsp3) is 0.450. The van der Waals surface area contributed by atoms with Crippen LogP contribution in [0.25, 0.3) is 6.08 Å². The van der Waals surface area contributed by atoms with Crippen molar-refractivity contribution in [2.75, 3.05) is 11.4 Å². The Morgan fingerprint density at radius 1 is 1.14 bits per heavy atom. The number of benzene rings is 1. The number of allylic oxidation sites excluding steroid dienone is 2. The van der Waals surface area contributed by atoms with Crippen molar-refractivity contribution in [3.63, 3.8) is 0 Å². The van der Waals surface area contributed by atoms with Crippen LogP contribution in [0.3, 0.4) is 0 Å². The van der Waals surface area contributed by atoms with Gasteiger partial charge in [-0.05, 0) is 37.8 Å². The fourth-order valence-corrected chi connectivity index (χ4v) is 2.95. The van der Waals surface area contributed by atoms with Gasteiger partial charge < -0.3 is 4.90 Å². The number of carbonyl (C=O) groups excluding carboxylic acids is 1. The van der Waals surface area contributed by atoms with Crippen LogP contribution in [-0.2, 0) is 4.79 Å². The Morgan fingerprint density at radius 3 is 2.50 bits per heavy atom. The van der Waals surface area contributed by atoms with E-state index in [0.717, 1.165) is 17.7 Å². The molecular weight excluding hydrogens is 270 g/mol. The van der Waals surface area contributed by atoms with E-state index < -0.39 is 0 Å². The summed E-state index contributed by atoms with van der Waals surface area (Å²) in [5.74, 6) is 0.801. The molecule has 22 heavy (non-hydrogen) atoms. The monoisotopic (exact) mass is 297 g/mol. The first-order valence-electron chi connectivity index (χ1n) is 8.15. The summed E-state index contributed by atoms with van der Waals surface area (Å²) in [6.07, 6.45) is 5.18. The highest BCUT2D eigenvalue weighted by Gasteiger charge is 2.25. The second-order valence-electron chi connectivity index (χ2n) is 6.81. The molecule has 0 radical (unpaired) electrons. The quantitative estimate of drug-likeness (QED) is 0.763. The van der Waals surface area contributed by atoms with Crippen molar-refractivity contribution in [3.05, 3.63) is 47.1 Å². The van der Waals surface area contributed by atoms with E-state index in [2.05, 4.69) is 45.9 Å². The average Bonchev–Trinajstić information content (AvgIpc) is 2.47. The Balaban J connectivity index is 2.41. The molecule has 0 fully saturated rings. The summed E-state index contributed by atoms with van der Waals surface area (Å²) < 4.78 is 0. The van der Waals surface area contributed by atoms with Gasteiger partial charge in [-0.3, -0.25) is 4.79 Å². The van der Waals surface area contributed by atoms with Crippen LogP contribution >= 0.6 is 0 Å². The number of fused-ring (bicyclic) bond motifs is 1. The van der Waals surface area contributed by atoms with Crippen molar-refractivity contribution in [2.24, 2.45) is 11.8 Å². The third-order valence-corrected chi connectivity index (χ3v) is 4.32. The standard InChI is InChI=1S/C20H27NO/c1-14(2)12-16(4)20(22)21-13-17(5)15(3)10-11-18-8-6-7-9-19(18)21/h6-11,14,16H,12-13H2,1-5H3/b11-10-,17-15-. The number of amides is 1. The van der Waals surface area contributed by atoms with E-state index in [1.807, 2.05) is 30.0 Å². The SMILES string of the molecule is CC1=C(\C)CN(C(=O)C(C)CC(C)C)c2ccccc2/C=C\1. The molecule has 2 nitrogen and oxygen atoms in total. The minimum Gasteiger partial charge on any atom is -0.307 e. The first kappa shape index (κ1) is 16.5. The third-order valence-electron chi connectivity index (χ3n) is 4.32. The van der Waals surface area contributed by atoms with Gasteiger partial charge in [0, 0.05) is 12.5 Å². The van der Waals surface area contributed by atoms with Crippen LogP contribution in [0.15, 0.2) is 41.5 Å². The maximum atomic E-state index is 13.0. The highest BCUT2D eigenvalue weighted by Crippen LogP contribution is 2.28. The summed E-state index contributed by atoms with van der Waals surface area (Å²) in [4.78, 5) is 15.0. The predicted octanol–water partition coefficient (Wildman–Crippen LogP) is 5.07. The summed E-state index contributed by atoms with van der Waals surface area (Å²) in [6.45, 7) is 11.3. The van der Waals surface area contributed by atoms with E-state index in [1.54, 1.807) is 0 Å². The zero-order valence-electron chi connectivity index (χ0n) is 14.4. The maximum absolute atomic E-state index is 13.0. The van der Waals surface area contributed by atoms with Gasteiger partial charge in [-0.15, -0.1) is 0 Å². The van der Waals surface area contributed by atoms with Crippen LogP contribution in [0.5, 0.6) is 0 Å². The van der Waals surface area contributed by atoms with Crippen molar-refractivity contribution in [1.82, 2.24) is 0 Å². The van der Waals surface area contributed by atoms with Crippen molar-refractivity contribution in [1.29, 1.82) is 0 Å². The molecule has 1 unspecified atom stereocenters. The lowest BCUT2D eigenvalue weighted by Gasteiger charge is -2.29. The molecule has 1 aromatic rings. The topological polar surface area (TPSA) is 20.3 Å². The maximum Gasteiger partial charge on any atom is 0.230 e. The molecule has 0 aliphatic carbocycles. The van der Waals surface area contributed by atoms with Crippen LogP contribution in [0, 0.1) is 11.8 Å². The number of anilines is 1. The average molecular weight is 297 g/mol. The summed E-state index contributed by atoms with van der Waals surface area (Å²) in [7, 11) is 0. The predicted molar refractivity (Wildman–Crippen MR) is 94.8 cm³/mol. The number of para-hydroxylation sites is 1. The zero-order valence-corrected chi connectivity index (χ0v) is 14.4. The number of nitrogens with zero attached hydrogens (tertiary/aromatic N) is 1. The molecule has 118 valence electrons. The number of hydrogen-bond acceptors (Lipinski definition) is 1. The molecule has 0 saturated heterocycles. The lowest BCUT2D eigenvalue weighted by molar-refractivity contribution is -0.122. The molecule has 0 spiro atoms. The van der Waals surface area contributed by atoms with Crippen LogP contribution in [0.2, 0.25) is 0 Å². The van der Waals surface area contributed by atoms with Crippen molar-refractivity contribution >= 4 is 17.7 Å². The Kier molecular flexibility index (Phi) is 5.23. The van der Waals surface area contributed by atoms with E-state index in [9.17, 15) is 4.79 Å². The molecule has 1 aliphatic heterocycles. The summed E-state index contributed by atoms with van der Waals surface area (Å²) in [5.41, 5.74) is 4.62. The summed E-state index contributed by atoms with van der Waals surface area (Å²) >= 11 is 0. The minimum absolute atomic E-state index is 0.0459. The van der Waals surface area contributed by atoms with E-state index in [1.165, 1.54) is 11.1 Å². The van der Waals surface area contributed by atoms with E-state index >= 15 is 0 Å². The van der Waals surface area contributed by atoms with Gasteiger partial charge in [-0.2, -0.15) is 0 Å². The first-order chi connectivity index (χ1) is 10.4. The number of hydrogen-bond donors (Lipinski definition) is 0. The van der Waals surface area contributed by atoms with Crippen LogP contribution in [0.4, 0.5) is 5.69 Å². The zero-order chi connectivity index (χ0) is 16.3. The summed E-state index contributed by atoms with van der Waals surface area (Å²) in [5, 5.41) is 0. The van der Waals surface area contributed by atoms with Gasteiger partial charge in [0.15, 0.2) is 0 Å². The first-order valence-corrected chi connectivity index (χ1v) is 8.15. The van der Waals surface area contributed by atoms with Crippen molar-refractivity contribution in [3.8, 4) is 0 Å². The van der Waals surface area contributed by atoms with Gasteiger partial charge in [0.25, 0.3) is 0 Å². The van der Waals surface area contributed by atoms with Gasteiger partial charge in [-0.25, -0.2) is 0 Å².